The summed E-state index contributed by atoms with van der Waals surface area (Å²) in [7, 11) is 0. The van der Waals surface area contributed by atoms with Crippen molar-refractivity contribution >= 4 is 5.96 Å². The Bertz CT molecular complexity index is 407. The minimum absolute atomic E-state index is 0.454. The van der Waals surface area contributed by atoms with Crippen LogP contribution in [0.4, 0.5) is 0 Å². The molecule has 0 aliphatic carbocycles. The lowest BCUT2D eigenvalue weighted by atomic mass is 10.2. The van der Waals surface area contributed by atoms with Gasteiger partial charge in [-0.15, -0.1) is 0 Å². The number of hydrogen-bond acceptors (Lipinski definition) is 4. The van der Waals surface area contributed by atoms with Crippen molar-refractivity contribution in [2.45, 2.75) is 46.7 Å². The quantitative estimate of drug-likeness (QED) is 0.577. The molecule has 1 N–H and O–H groups in total. The summed E-state index contributed by atoms with van der Waals surface area (Å²) in [4.78, 5) is 12.5. The first-order valence-corrected chi connectivity index (χ1v) is 10.1. The van der Waals surface area contributed by atoms with Crippen molar-refractivity contribution in [2.75, 3.05) is 65.6 Å². The Morgan fingerprint density at radius 1 is 1.16 bits per heavy atom. The molecule has 6 nitrogen and oxygen atoms in total. The molecular formula is C19H39N5O. The van der Waals surface area contributed by atoms with Crippen LogP contribution in [0.3, 0.4) is 0 Å². The van der Waals surface area contributed by atoms with Crippen molar-refractivity contribution in [3.63, 3.8) is 0 Å². The summed E-state index contributed by atoms with van der Waals surface area (Å²) >= 11 is 0. The lowest BCUT2D eigenvalue weighted by molar-refractivity contribution is -0.0166. The molecular weight excluding hydrogens is 314 g/mol. The van der Waals surface area contributed by atoms with E-state index < -0.39 is 0 Å². The fourth-order valence-corrected chi connectivity index (χ4v) is 3.80. The van der Waals surface area contributed by atoms with Gasteiger partial charge in [0, 0.05) is 57.9 Å². The van der Waals surface area contributed by atoms with Gasteiger partial charge in [-0.3, -0.25) is 14.8 Å². The number of piperazine rings is 1. The average molecular weight is 354 g/mol. The average Bonchev–Trinajstić information content (AvgIpc) is 2.59. The van der Waals surface area contributed by atoms with E-state index in [1.54, 1.807) is 0 Å². The van der Waals surface area contributed by atoms with Crippen molar-refractivity contribution in [3.8, 4) is 0 Å². The van der Waals surface area contributed by atoms with E-state index in [4.69, 9.17) is 9.73 Å². The summed E-state index contributed by atoms with van der Waals surface area (Å²) in [6, 6.07) is 0.941. The van der Waals surface area contributed by atoms with Gasteiger partial charge >= 0.3 is 0 Å². The molecule has 146 valence electrons. The van der Waals surface area contributed by atoms with E-state index in [1.165, 1.54) is 6.54 Å². The van der Waals surface area contributed by atoms with E-state index in [9.17, 15) is 0 Å². The van der Waals surface area contributed by atoms with Gasteiger partial charge in [0.05, 0.1) is 19.8 Å². The summed E-state index contributed by atoms with van der Waals surface area (Å²) < 4.78 is 5.56. The minimum atomic E-state index is 0.454. The fourth-order valence-electron chi connectivity index (χ4n) is 3.80. The Balaban J connectivity index is 1.87. The van der Waals surface area contributed by atoms with Crippen molar-refractivity contribution in [3.05, 3.63) is 0 Å². The van der Waals surface area contributed by atoms with Crippen molar-refractivity contribution in [1.29, 1.82) is 0 Å². The molecule has 0 aromatic carbocycles. The SMILES string of the molecule is CCNC(=NCC(C)N1CCOCC1C)N1CCN(CC(C)C)CC1. The van der Waals surface area contributed by atoms with Crippen LogP contribution in [0.25, 0.3) is 0 Å². The normalized spacial score (nSPS) is 25.4. The molecule has 2 aliphatic heterocycles. The van der Waals surface area contributed by atoms with Gasteiger partial charge in [0.1, 0.15) is 0 Å². The molecule has 2 saturated heterocycles. The Morgan fingerprint density at radius 3 is 2.48 bits per heavy atom. The van der Waals surface area contributed by atoms with Gasteiger partial charge in [0.2, 0.25) is 0 Å². The summed E-state index contributed by atoms with van der Waals surface area (Å²) in [5.74, 6) is 1.82. The zero-order valence-electron chi connectivity index (χ0n) is 17.0. The molecule has 0 saturated carbocycles. The van der Waals surface area contributed by atoms with E-state index in [1.807, 2.05) is 0 Å². The number of ether oxygens (including phenoxy) is 1. The zero-order chi connectivity index (χ0) is 18.2. The van der Waals surface area contributed by atoms with Crippen LogP contribution in [0.15, 0.2) is 4.99 Å². The molecule has 0 aromatic heterocycles. The maximum Gasteiger partial charge on any atom is 0.194 e. The number of guanidine groups is 1. The molecule has 2 fully saturated rings. The van der Waals surface area contributed by atoms with Crippen molar-refractivity contribution in [2.24, 2.45) is 10.9 Å². The van der Waals surface area contributed by atoms with Gasteiger partial charge in [-0.1, -0.05) is 13.8 Å². The molecule has 2 rings (SSSR count). The Morgan fingerprint density at radius 2 is 1.88 bits per heavy atom. The number of hydrogen-bond donors (Lipinski definition) is 1. The van der Waals surface area contributed by atoms with E-state index in [0.29, 0.717) is 12.1 Å². The summed E-state index contributed by atoms with van der Waals surface area (Å²) in [5, 5.41) is 3.49. The second kappa shape index (κ2) is 10.3. The Kier molecular flexibility index (Phi) is 8.46. The molecule has 25 heavy (non-hydrogen) atoms. The zero-order valence-corrected chi connectivity index (χ0v) is 17.0. The van der Waals surface area contributed by atoms with Crippen LogP contribution in [0.5, 0.6) is 0 Å². The number of nitrogens with one attached hydrogen (secondary N) is 1. The predicted molar refractivity (Wildman–Crippen MR) is 105 cm³/mol. The first-order valence-electron chi connectivity index (χ1n) is 10.1. The lowest BCUT2D eigenvalue weighted by Gasteiger charge is -2.38. The van der Waals surface area contributed by atoms with E-state index in [2.05, 4.69) is 54.6 Å². The van der Waals surface area contributed by atoms with Gasteiger partial charge in [-0.25, -0.2) is 0 Å². The van der Waals surface area contributed by atoms with E-state index >= 15 is 0 Å². The van der Waals surface area contributed by atoms with Gasteiger partial charge in [-0.2, -0.15) is 0 Å². The maximum atomic E-state index is 5.56. The summed E-state index contributed by atoms with van der Waals surface area (Å²) in [6.45, 7) is 21.4. The first-order chi connectivity index (χ1) is 12.0. The van der Waals surface area contributed by atoms with Gasteiger partial charge in [0.25, 0.3) is 0 Å². The van der Waals surface area contributed by atoms with Crippen molar-refractivity contribution < 1.29 is 4.74 Å². The highest BCUT2D eigenvalue weighted by Crippen LogP contribution is 2.11. The molecule has 0 spiro atoms. The van der Waals surface area contributed by atoms with Crippen LogP contribution in [0.2, 0.25) is 0 Å². The monoisotopic (exact) mass is 353 g/mol. The van der Waals surface area contributed by atoms with Crippen LogP contribution in [0.1, 0.15) is 34.6 Å². The lowest BCUT2D eigenvalue weighted by Crippen LogP contribution is -2.53. The number of aliphatic imine (C=N–C) groups is 1. The van der Waals surface area contributed by atoms with E-state index in [0.717, 1.165) is 70.9 Å². The predicted octanol–water partition coefficient (Wildman–Crippen LogP) is 1.33. The third kappa shape index (κ3) is 6.42. The summed E-state index contributed by atoms with van der Waals surface area (Å²) in [6.07, 6.45) is 0. The maximum absolute atomic E-state index is 5.56. The van der Waals surface area contributed by atoms with Crippen LogP contribution in [-0.4, -0.2) is 98.3 Å². The van der Waals surface area contributed by atoms with Crippen LogP contribution in [-0.2, 0) is 4.74 Å². The standard InChI is InChI=1S/C19H39N5O/c1-6-20-19(23-9-7-22(8-10-23)14-16(2)3)21-13-17(4)24-11-12-25-15-18(24)5/h16-18H,6-15H2,1-5H3,(H,20,21). The van der Waals surface area contributed by atoms with Gasteiger partial charge in [-0.05, 0) is 26.7 Å². The molecule has 0 radical (unpaired) electrons. The van der Waals surface area contributed by atoms with Crippen LogP contribution in [0, 0.1) is 5.92 Å². The topological polar surface area (TPSA) is 43.3 Å². The Hall–Kier alpha value is -0.850. The van der Waals surface area contributed by atoms with Crippen LogP contribution < -0.4 is 5.32 Å². The molecule has 2 heterocycles. The first kappa shape index (κ1) is 20.5. The third-order valence-corrected chi connectivity index (χ3v) is 5.12. The Labute approximate surface area is 154 Å². The molecule has 2 unspecified atom stereocenters. The number of morpholine rings is 1. The molecule has 6 heteroatoms. The highest BCUT2D eigenvalue weighted by atomic mass is 16.5. The molecule has 0 amide bonds. The molecule has 2 aliphatic rings. The van der Waals surface area contributed by atoms with E-state index in [-0.39, 0.29) is 0 Å². The third-order valence-electron chi connectivity index (χ3n) is 5.12. The van der Waals surface area contributed by atoms with Gasteiger partial charge in [0.15, 0.2) is 5.96 Å². The molecule has 0 aromatic rings. The van der Waals surface area contributed by atoms with Gasteiger partial charge < -0.3 is 15.0 Å². The molecule has 2 atom stereocenters. The van der Waals surface area contributed by atoms with Crippen molar-refractivity contribution in [1.82, 2.24) is 20.0 Å². The molecule has 0 bridgehead atoms. The second-order valence-electron chi connectivity index (χ2n) is 7.89. The minimum Gasteiger partial charge on any atom is -0.379 e. The number of nitrogens with zero attached hydrogens (tertiary/aromatic N) is 4. The smallest absolute Gasteiger partial charge is 0.194 e. The number of rotatable bonds is 6. The highest BCUT2D eigenvalue weighted by Gasteiger charge is 2.24. The largest absolute Gasteiger partial charge is 0.379 e. The fraction of sp³-hybridized carbons (Fsp3) is 0.947. The summed E-state index contributed by atoms with van der Waals surface area (Å²) in [5.41, 5.74) is 0. The highest BCUT2D eigenvalue weighted by molar-refractivity contribution is 5.80. The second-order valence-corrected chi connectivity index (χ2v) is 7.89. The van der Waals surface area contributed by atoms with Crippen LogP contribution >= 0.6 is 0 Å².